The van der Waals surface area contributed by atoms with E-state index in [4.69, 9.17) is 4.52 Å². The van der Waals surface area contributed by atoms with E-state index < -0.39 is 0 Å². The van der Waals surface area contributed by atoms with Crippen molar-refractivity contribution in [2.24, 2.45) is 0 Å². The molecular formula is C9H13N3O2. The molecule has 0 spiro atoms. The average Bonchev–Trinajstić information content (AvgIpc) is 2.48. The number of hydrogen-bond donors (Lipinski definition) is 2. The third-order valence-corrected chi connectivity index (χ3v) is 2.44. The van der Waals surface area contributed by atoms with Crippen LogP contribution in [0.3, 0.4) is 0 Å². The lowest BCUT2D eigenvalue weighted by atomic mass is 9.95. The van der Waals surface area contributed by atoms with Crippen LogP contribution in [0.25, 0.3) is 0 Å². The highest BCUT2D eigenvalue weighted by Crippen LogP contribution is 2.12. The van der Waals surface area contributed by atoms with E-state index in [0.717, 1.165) is 13.1 Å². The molecule has 2 rings (SSSR count). The van der Waals surface area contributed by atoms with E-state index in [2.05, 4.69) is 15.8 Å². The maximum atomic E-state index is 11.7. The summed E-state index contributed by atoms with van der Waals surface area (Å²) in [6.45, 7) is 5.35. The molecular weight excluding hydrogens is 182 g/mol. The lowest BCUT2D eigenvalue weighted by Crippen LogP contribution is -2.67. The summed E-state index contributed by atoms with van der Waals surface area (Å²) in [6, 6.07) is 0. The highest BCUT2D eigenvalue weighted by molar-refractivity contribution is 5.95. The molecule has 76 valence electrons. The fourth-order valence-electron chi connectivity index (χ4n) is 1.45. The number of aryl methyl sites for hydroxylation is 1. The van der Waals surface area contributed by atoms with Crippen molar-refractivity contribution >= 4 is 5.91 Å². The highest BCUT2D eigenvalue weighted by atomic mass is 16.5. The van der Waals surface area contributed by atoms with Crippen molar-refractivity contribution in [1.29, 1.82) is 0 Å². The molecule has 5 nitrogen and oxygen atoms in total. The van der Waals surface area contributed by atoms with E-state index in [1.165, 1.54) is 6.20 Å². The molecule has 1 amide bonds. The smallest absolute Gasteiger partial charge is 0.257 e. The molecule has 1 aromatic rings. The average molecular weight is 195 g/mol. The van der Waals surface area contributed by atoms with Crippen molar-refractivity contribution in [3.63, 3.8) is 0 Å². The molecule has 0 aromatic carbocycles. The van der Waals surface area contributed by atoms with E-state index in [1.54, 1.807) is 6.92 Å². The number of carbonyl (C=O) groups excluding carboxylic acids is 1. The summed E-state index contributed by atoms with van der Waals surface area (Å²) in [5.74, 6) is 0.436. The molecule has 0 unspecified atom stereocenters. The Morgan fingerprint density at radius 1 is 1.71 bits per heavy atom. The van der Waals surface area contributed by atoms with Gasteiger partial charge in [-0.1, -0.05) is 5.16 Å². The fraction of sp³-hybridized carbons (Fsp3) is 0.556. The fourth-order valence-corrected chi connectivity index (χ4v) is 1.45. The monoisotopic (exact) mass is 195 g/mol. The quantitative estimate of drug-likeness (QED) is 0.701. The highest BCUT2D eigenvalue weighted by Gasteiger charge is 2.33. The van der Waals surface area contributed by atoms with Gasteiger partial charge in [-0.2, -0.15) is 0 Å². The summed E-state index contributed by atoms with van der Waals surface area (Å²) in [5.41, 5.74) is 0.388. The summed E-state index contributed by atoms with van der Waals surface area (Å²) in [4.78, 5) is 11.7. The largest absolute Gasteiger partial charge is 0.361 e. The number of amides is 1. The number of carbonyl (C=O) groups is 1. The Kier molecular flexibility index (Phi) is 2.03. The predicted octanol–water partition coefficient (Wildman–Crippen LogP) is 0.0747. The Morgan fingerprint density at radius 3 is 2.86 bits per heavy atom. The molecule has 1 fully saturated rings. The first-order valence-corrected chi connectivity index (χ1v) is 4.55. The van der Waals surface area contributed by atoms with E-state index in [-0.39, 0.29) is 11.4 Å². The predicted molar refractivity (Wildman–Crippen MR) is 50.0 cm³/mol. The van der Waals surface area contributed by atoms with E-state index in [0.29, 0.717) is 11.3 Å². The Labute approximate surface area is 81.8 Å². The van der Waals surface area contributed by atoms with Crippen molar-refractivity contribution in [3.8, 4) is 0 Å². The van der Waals surface area contributed by atoms with Crippen molar-refractivity contribution < 1.29 is 9.32 Å². The van der Waals surface area contributed by atoms with Crippen LogP contribution in [-0.4, -0.2) is 29.7 Å². The van der Waals surface area contributed by atoms with Crippen LogP contribution in [0.15, 0.2) is 10.7 Å². The molecule has 0 atom stereocenters. The maximum Gasteiger partial charge on any atom is 0.257 e. The van der Waals surface area contributed by atoms with Crippen molar-refractivity contribution in [2.45, 2.75) is 19.4 Å². The van der Waals surface area contributed by atoms with Gasteiger partial charge in [0.1, 0.15) is 11.3 Å². The zero-order chi connectivity index (χ0) is 10.2. The van der Waals surface area contributed by atoms with Crippen LogP contribution in [0.1, 0.15) is 23.0 Å². The first-order valence-electron chi connectivity index (χ1n) is 4.55. The minimum atomic E-state index is -0.124. The maximum absolute atomic E-state index is 11.7. The molecule has 1 aliphatic rings. The molecule has 2 N–H and O–H groups in total. The topological polar surface area (TPSA) is 67.2 Å². The lowest BCUT2D eigenvalue weighted by molar-refractivity contribution is 0.0870. The van der Waals surface area contributed by atoms with Crippen molar-refractivity contribution in [1.82, 2.24) is 15.8 Å². The van der Waals surface area contributed by atoms with Gasteiger partial charge in [0.15, 0.2) is 0 Å². The first-order chi connectivity index (χ1) is 6.61. The lowest BCUT2D eigenvalue weighted by Gasteiger charge is -2.39. The summed E-state index contributed by atoms with van der Waals surface area (Å²) in [7, 11) is 0. The van der Waals surface area contributed by atoms with Crippen LogP contribution < -0.4 is 10.6 Å². The van der Waals surface area contributed by atoms with Crippen LogP contribution >= 0.6 is 0 Å². The SMILES string of the molecule is Cc1oncc1C(=O)NC1(C)CNC1. The number of nitrogens with one attached hydrogen (secondary N) is 2. The normalized spacial score (nSPS) is 18.7. The van der Waals surface area contributed by atoms with Crippen molar-refractivity contribution in [3.05, 3.63) is 17.5 Å². The zero-order valence-electron chi connectivity index (χ0n) is 8.26. The summed E-state index contributed by atoms with van der Waals surface area (Å²) in [5, 5.41) is 9.61. The van der Waals surface area contributed by atoms with Gasteiger partial charge in [-0.15, -0.1) is 0 Å². The van der Waals surface area contributed by atoms with Crippen LogP contribution in [0.2, 0.25) is 0 Å². The molecule has 0 bridgehead atoms. The van der Waals surface area contributed by atoms with Crippen LogP contribution in [0.4, 0.5) is 0 Å². The van der Waals surface area contributed by atoms with Crippen LogP contribution in [-0.2, 0) is 0 Å². The Balaban J connectivity index is 2.06. The third-order valence-electron chi connectivity index (χ3n) is 2.44. The van der Waals surface area contributed by atoms with Crippen molar-refractivity contribution in [2.75, 3.05) is 13.1 Å². The molecule has 14 heavy (non-hydrogen) atoms. The van der Waals surface area contributed by atoms with E-state index in [1.807, 2.05) is 6.92 Å². The number of nitrogens with zero attached hydrogens (tertiary/aromatic N) is 1. The molecule has 5 heteroatoms. The number of hydrogen-bond acceptors (Lipinski definition) is 4. The van der Waals surface area contributed by atoms with Crippen LogP contribution in [0.5, 0.6) is 0 Å². The Bertz CT molecular complexity index is 355. The van der Waals surface area contributed by atoms with Gasteiger partial charge in [0.2, 0.25) is 0 Å². The van der Waals surface area contributed by atoms with Gasteiger partial charge < -0.3 is 15.2 Å². The van der Waals surface area contributed by atoms with Gasteiger partial charge >= 0.3 is 0 Å². The third kappa shape index (κ3) is 1.50. The minimum Gasteiger partial charge on any atom is -0.361 e. The molecule has 1 saturated heterocycles. The van der Waals surface area contributed by atoms with E-state index >= 15 is 0 Å². The minimum absolute atomic E-state index is 0.118. The van der Waals surface area contributed by atoms with E-state index in [9.17, 15) is 4.79 Å². The second-order valence-electron chi connectivity index (χ2n) is 3.91. The molecule has 0 saturated carbocycles. The molecule has 2 heterocycles. The summed E-state index contributed by atoms with van der Waals surface area (Å²) in [6.07, 6.45) is 1.44. The standard InChI is InChI=1S/C9H13N3O2/c1-6-7(3-11-14-6)8(13)12-9(2)4-10-5-9/h3,10H,4-5H2,1-2H3,(H,12,13). The van der Waals surface area contributed by atoms with Gasteiger partial charge in [0.25, 0.3) is 5.91 Å². The van der Waals surface area contributed by atoms with Gasteiger partial charge in [0, 0.05) is 13.1 Å². The number of aromatic nitrogens is 1. The first kappa shape index (κ1) is 9.21. The molecule has 1 aromatic heterocycles. The second kappa shape index (κ2) is 3.09. The number of rotatable bonds is 2. The summed E-state index contributed by atoms with van der Waals surface area (Å²) >= 11 is 0. The Morgan fingerprint density at radius 2 is 2.43 bits per heavy atom. The molecule has 0 radical (unpaired) electrons. The van der Waals surface area contributed by atoms with Gasteiger partial charge in [-0.05, 0) is 13.8 Å². The summed E-state index contributed by atoms with van der Waals surface area (Å²) < 4.78 is 4.83. The molecule has 1 aliphatic heterocycles. The van der Waals surface area contributed by atoms with Gasteiger partial charge in [-0.3, -0.25) is 4.79 Å². The van der Waals surface area contributed by atoms with Gasteiger partial charge in [-0.25, -0.2) is 0 Å². The molecule has 0 aliphatic carbocycles. The van der Waals surface area contributed by atoms with Gasteiger partial charge in [0.05, 0.1) is 11.7 Å². The second-order valence-corrected chi connectivity index (χ2v) is 3.91. The van der Waals surface area contributed by atoms with Crippen LogP contribution in [0, 0.1) is 6.92 Å². The zero-order valence-corrected chi connectivity index (χ0v) is 8.26. The Hall–Kier alpha value is -1.36.